The zero-order valence-corrected chi connectivity index (χ0v) is 18.7. The Balaban J connectivity index is 1.50. The van der Waals surface area contributed by atoms with E-state index in [1.54, 1.807) is 0 Å². The predicted octanol–water partition coefficient (Wildman–Crippen LogP) is 2.57. The maximum absolute atomic E-state index is 15.0. The van der Waals surface area contributed by atoms with Gasteiger partial charge in [-0.3, -0.25) is 0 Å². The number of sulfonamides is 1. The van der Waals surface area contributed by atoms with Crippen LogP contribution in [0.1, 0.15) is 19.4 Å². The fraction of sp³-hybridized carbons (Fsp3) is 0.478. The van der Waals surface area contributed by atoms with Gasteiger partial charge in [0.2, 0.25) is 10.0 Å². The minimum absolute atomic E-state index is 0.0580. The first-order valence-corrected chi connectivity index (χ1v) is 11.9. The average Bonchev–Trinajstić information content (AvgIpc) is 3.14. The second kappa shape index (κ2) is 8.16. The average molecular weight is 449 g/mol. The second-order valence-corrected chi connectivity index (χ2v) is 11.0. The van der Waals surface area contributed by atoms with Crippen molar-refractivity contribution in [2.45, 2.75) is 31.2 Å². The minimum atomic E-state index is -3.98. The lowest BCUT2D eigenvalue weighted by molar-refractivity contribution is 0.158. The smallest absolute Gasteiger partial charge is 0.241 e. The Morgan fingerprint density at radius 3 is 2.35 bits per heavy atom. The summed E-state index contributed by atoms with van der Waals surface area (Å²) in [6.07, 6.45) is 0.337. The molecule has 0 unspecified atom stereocenters. The van der Waals surface area contributed by atoms with Crippen LogP contribution in [0.2, 0.25) is 0 Å². The van der Waals surface area contributed by atoms with Gasteiger partial charge >= 0.3 is 0 Å². The molecule has 8 heteroatoms. The summed E-state index contributed by atoms with van der Waals surface area (Å²) < 4.78 is 48.8. The number of benzene rings is 2. The zero-order chi connectivity index (χ0) is 22.3. The van der Waals surface area contributed by atoms with Crippen molar-refractivity contribution in [2.75, 3.05) is 37.8 Å². The molecule has 0 aromatic heterocycles. The normalized spacial score (nSPS) is 26.8. The number of ether oxygens (including phenoxy) is 1. The van der Waals surface area contributed by atoms with Gasteiger partial charge in [0.1, 0.15) is 5.82 Å². The Morgan fingerprint density at radius 1 is 1.13 bits per heavy atom. The molecule has 0 spiro atoms. The Labute approximate surface area is 183 Å². The van der Waals surface area contributed by atoms with E-state index >= 15 is 4.39 Å². The summed E-state index contributed by atoms with van der Waals surface area (Å²) in [5.74, 6) is -0.570. The van der Waals surface area contributed by atoms with Crippen molar-refractivity contribution >= 4 is 15.7 Å². The molecule has 0 aliphatic carbocycles. The molecule has 2 aliphatic heterocycles. The van der Waals surface area contributed by atoms with Gasteiger partial charge in [-0.15, -0.1) is 0 Å². The molecular weight excluding hydrogens is 419 g/mol. The van der Waals surface area contributed by atoms with Crippen LogP contribution >= 0.6 is 0 Å². The van der Waals surface area contributed by atoms with Crippen LogP contribution in [0, 0.1) is 16.6 Å². The fourth-order valence-corrected chi connectivity index (χ4v) is 5.87. The number of anilines is 1. The van der Waals surface area contributed by atoms with Crippen LogP contribution in [0.4, 0.5) is 10.1 Å². The van der Waals surface area contributed by atoms with Crippen LogP contribution in [0.5, 0.6) is 0 Å². The van der Waals surface area contributed by atoms with E-state index in [0.29, 0.717) is 38.4 Å². The molecule has 3 atom stereocenters. The molecule has 2 aromatic rings. The van der Waals surface area contributed by atoms with Gasteiger partial charge in [0.15, 0.2) is 0 Å². The van der Waals surface area contributed by atoms with Crippen LogP contribution in [0.3, 0.4) is 0 Å². The molecule has 4 rings (SSSR count). The van der Waals surface area contributed by atoms with Gasteiger partial charge in [0, 0.05) is 30.0 Å². The van der Waals surface area contributed by atoms with E-state index in [4.69, 9.17) is 4.74 Å². The third-order valence-electron chi connectivity index (χ3n) is 6.82. The number of hydrogen-bond donors (Lipinski definition) is 2. The maximum atomic E-state index is 15.0. The van der Waals surface area contributed by atoms with Gasteiger partial charge < -0.3 is 14.7 Å². The van der Waals surface area contributed by atoms with Crippen LogP contribution in [-0.2, 0) is 21.2 Å². The topological polar surface area (TPSA) is 78.9 Å². The predicted molar refractivity (Wildman–Crippen MR) is 117 cm³/mol. The number of aliphatic hydroxyl groups is 1. The lowest BCUT2D eigenvalue weighted by Gasteiger charge is -2.29. The Hall–Kier alpha value is -2.00. The summed E-state index contributed by atoms with van der Waals surface area (Å²) >= 11 is 0. The van der Waals surface area contributed by atoms with Crippen molar-refractivity contribution in [3.63, 3.8) is 0 Å². The first-order chi connectivity index (χ1) is 14.7. The highest BCUT2D eigenvalue weighted by Gasteiger charge is 2.56. The molecular formula is C23H29FN2O4S. The van der Waals surface area contributed by atoms with Crippen molar-refractivity contribution in [1.29, 1.82) is 0 Å². The summed E-state index contributed by atoms with van der Waals surface area (Å²) in [6.45, 7) is 6.55. The molecule has 0 amide bonds. The monoisotopic (exact) mass is 448 g/mol. The number of hydrogen-bond acceptors (Lipinski definition) is 5. The molecule has 0 radical (unpaired) electrons. The molecule has 2 aliphatic rings. The van der Waals surface area contributed by atoms with Crippen molar-refractivity contribution in [1.82, 2.24) is 4.72 Å². The summed E-state index contributed by atoms with van der Waals surface area (Å²) in [6, 6.07) is 12.6. The highest BCUT2D eigenvalue weighted by atomic mass is 32.2. The van der Waals surface area contributed by atoms with E-state index in [1.165, 1.54) is 12.1 Å². The van der Waals surface area contributed by atoms with Crippen LogP contribution in [0.25, 0.3) is 0 Å². The van der Waals surface area contributed by atoms with Crippen molar-refractivity contribution in [3.05, 3.63) is 59.9 Å². The lowest BCUT2D eigenvalue weighted by atomic mass is 9.71. The number of nitrogens with zero attached hydrogens (tertiary/aromatic N) is 1. The van der Waals surface area contributed by atoms with Gasteiger partial charge in [-0.25, -0.2) is 17.5 Å². The fourth-order valence-electron chi connectivity index (χ4n) is 4.63. The molecule has 31 heavy (non-hydrogen) atoms. The number of nitrogens with one attached hydrogen (secondary N) is 1. The van der Waals surface area contributed by atoms with Gasteiger partial charge in [0.25, 0.3) is 0 Å². The zero-order valence-electron chi connectivity index (χ0n) is 17.8. The highest BCUT2D eigenvalue weighted by molar-refractivity contribution is 7.89. The third-order valence-corrected chi connectivity index (χ3v) is 8.33. The Bertz CT molecular complexity index is 1030. The van der Waals surface area contributed by atoms with Crippen molar-refractivity contribution in [3.8, 4) is 0 Å². The Kier molecular flexibility index (Phi) is 5.85. The van der Waals surface area contributed by atoms with E-state index in [2.05, 4.69) is 18.6 Å². The maximum Gasteiger partial charge on any atom is 0.241 e. The number of aliphatic hydroxyl groups excluding tert-OH is 1. The van der Waals surface area contributed by atoms with E-state index in [-0.39, 0.29) is 22.3 Å². The molecule has 2 aromatic carbocycles. The first-order valence-electron chi connectivity index (χ1n) is 10.5. The third kappa shape index (κ3) is 4.22. The summed E-state index contributed by atoms with van der Waals surface area (Å²) in [5.41, 5.74) is 1.19. The molecule has 0 saturated carbocycles. The number of fused-ring (bicyclic) bond motifs is 1. The SMILES string of the molecule is C[C@@]12COC[C@]1(C)CN(c1ccc(S(=O)(=O)N[C@H](CO)Cc3ccccc3)cc1F)C2. The molecule has 2 saturated heterocycles. The highest BCUT2D eigenvalue weighted by Crippen LogP contribution is 2.51. The largest absolute Gasteiger partial charge is 0.395 e. The summed E-state index contributed by atoms with van der Waals surface area (Å²) in [4.78, 5) is 1.83. The molecule has 2 N–H and O–H groups in total. The van der Waals surface area contributed by atoms with Crippen LogP contribution in [-0.4, -0.2) is 52.5 Å². The van der Waals surface area contributed by atoms with Crippen LogP contribution < -0.4 is 9.62 Å². The molecule has 6 nitrogen and oxygen atoms in total. The molecule has 2 fully saturated rings. The summed E-state index contributed by atoms with van der Waals surface area (Å²) in [5, 5.41) is 9.65. The van der Waals surface area contributed by atoms with E-state index in [1.807, 2.05) is 35.2 Å². The van der Waals surface area contributed by atoms with Gasteiger partial charge in [-0.05, 0) is 30.2 Å². The van der Waals surface area contributed by atoms with E-state index in [9.17, 15) is 13.5 Å². The second-order valence-electron chi connectivity index (χ2n) is 9.27. The number of halogens is 1. The summed E-state index contributed by atoms with van der Waals surface area (Å²) in [7, 11) is -3.98. The van der Waals surface area contributed by atoms with E-state index < -0.39 is 21.9 Å². The lowest BCUT2D eigenvalue weighted by Crippen LogP contribution is -2.39. The van der Waals surface area contributed by atoms with Gasteiger partial charge in [0.05, 0.1) is 30.4 Å². The first kappa shape index (κ1) is 22.2. The Morgan fingerprint density at radius 2 is 1.77 bits per heavy atom. The van der Waals surface area contributed by atoms with Crippen molar-refractivity contribution in [2.24, 2.45) is 10.8 Å². The van der Waals surface area contributed by atoms with Crippen LogP contribution in [0.15, 0.2) is 53.4 Å². The quantitative estimate of drug-likeness (QED) is 0.681. The number of rotatable bonds is 7. The molecule has 168 valence electrons. The standard InChI is InChI=1S/C23H29FN2O4S/c1-22-13-26(14-23(22,2)16-30-15-22)21-9-8-19(11-20(21)24)31(28,29)25-18(12-27)10-17-6-4-3-5-7-17/h3-9,11,18,25,27H,10,12-16H2,1-2H3/t18-,22-,23+/m0/s1. The van der Waals surface area contributed by atoms with Gasteiger partial charge in [-0.2, -0.15) is 0 Å². The molecule has 0 bridgehead atoms. The molecule has 2 heterocycles. The minimum Gasteiger partial charge on any atom is -0.395 e. The van der Waals surface area contributed by atoms with E-state index in [0.717, 1.165) is 11.6 Å². The van der Waals surface area contributed by atoms with Gasteiger partial charge in [-0.1, -0.05) is 44.2 Å². The van der Waals surface area contributed by atoms with Crippen molar-refractivity contribution < 1.29 is 22.7 Å².